The predicted octanol–water partition coefficient (Wildman–Crippen LogP) is 1.66. The van der Waals surface area contributed by atoms with Crippen molar-refractivity contribution < 1.29 is 4.74 Å². The van der Waals surface area contributed by atoms with E-state index in [9.17, 15) is 0 Å². The Morgan fingerprint density at radius 2 is 2.29 bits per heavy atom. The van der Waals surface area contributed by atoms with Crippen LogP contribution in [0.5, 0.6) is 0 Å². The molecular formula is C9H16IN3O. The fourth-order valence-corrected chi connectivity index (χ4v) is 1.74. The van der Waals surface area contributed by atoms with E-state index in [-0.39, 0.29) is 0 Å². The smallest absolute Gasteiger partial charge is 0.135 e. The number of ether oxygens (including phenoxy) is 1. The summed E-state index contributed by atoms with van der Waals surface area (Å²) in [4.78, 5) is 0. The Hall–Kier alpha value is -0.300. The Bertz CT molecular complexity index is 311. The number of anilines is 1. The largest absolute Gasteiger partial charge is 0.384 e. The zero-order valence-corrected chi connectivity index (χ0v) is 10.9. The molecule has 4 nitrogen and oxygen atoms in total. The highest BCUT2D eigenvalue weighted by Gasteiger charge is 2.11. The molecule has 14 heavy (non-hydrogen) atoms. The van der Waals surface area contributed by atoms with E-state index in [1.54, 1.807) is 7.11 Å². The third kappa shape index (κ3) is 2.60. The van der Waals surface area contributed by atoms with Crippen LogP contribution in [-0.4, -0.2) is 23.5 Å². The summed E-state index contributed by atoms with van der Waals surface area (Å²) in [7, 11) is 1.71. The van der Waals surface area contributed by atoms with Crippen molar-refractivity contribution in [1.29, 1.82) is 0 Å². The fraction of sp³-hybridized carbons (Fsp3) is 0.667. The Labute approximate surface area is 97.9 Å². The monoisotopic (exact) mass is 309 g/mol. The number of nitrogens with two attached hydrogens (primary N) is 1. The van der Waals surface area contributed by atoms with Crippen LogP contribution >= 0.6 is 22.6 Å². The van der Waals surface area contributed by atoms with Gasteiger partial charge in [-0.1, -0.05) is 6.92 Å². The van der Waals surface area contributed by atoms with Crippen LogP contribution in [0.4, 0.5) is 5.82 Å². The molecule has 0 fully saturated rings. The quantitative estimate of drug-likeness (QED) is 0.861. The number of methoxy groups -OCH3 is 1. The summed E-state index contributed by atoms with van der Waals surface area (Å²) in [5, 5.41) is 4.36. The van der Waals surface area contributed by atoms with Gasteiger partial charge in [0.15, 0.2) is 0 Å². The van der Waals surface area contributed by atoms with Crippen molar-refractivity contribution in [2.75, 3.05) is 19.5 Å². The predicted molar refractivity (Wildman–Crippen MR) is 65.1 cm³/mol. The van der Waals surface area contributed by atoms with Gasteiger partial charge in [-0.15, -0.1) is 0 Å². The molecule has 1 heterocycles. The highest BCUT2D eigenvalue weighted by molar-refractivity contribution is 14.1. The van der Waals surface area contributed by atoms with Gasteiger partial charge in [-0.05, 0) is 35.4 Å². The van der Waals surface area contributed by atoms with Gasteiger partial charge in [-0.25, -0.2) is 4.68 Å². The van der Waals surface area contributed by atoms with Crippen LogP contribution in [0.1, 0.15) is 12.6 Å². The molecule has 0 aliphatic carbocycles. The third-order valence-corrected chi connectivity index (χ3v) is 3.36. The van der Waals surface area contributed by atoms with Crippen LogP contribution in [0.25, 0.3) is 0 Å². The molecule has 5 heteroatoms. The third-order valence-electron chi connectivity index (χ3n) is 2.03. The van der Waals surface area contributed by atoms with E-state index in [0.717, 1.165) is 28.2 Å². The highest BCUT2D eigenvalue weighted by atomic mass is 127. The zero-order chi connectivity index (χ0) is 10.7. The molecule has 1 aromatic heterocycles. The second-order valence-electron chi connectivity index (χ2n) is 3.53. The van der Waals surface area contributed by atoms with Gasteiger partial charge in [0.05, 0.1) is 15.9 Å². The fourth-order valence-electron chi connectivity index (χ4n) is 1.35. The molecule has 0 amide bonds. The van der Waals surface area contributed by atoms with Crippen molar-refractivity contribution in [2.24, 2.45) is 5.92 Å². The van der Waals surface area contributed by atoms with Gasteiger partial charge < -0.3 is 10.5 Å². The summed E-state index contributed by atoms with van der Waals surface area (Å²) >= 11 is 2.22. The Morgan fingerprint density at radius 1 is 1.64 bits per heavy atom. The zero-order valence-electron chi connectivity index (χ0n) is 8.75. The molecule has 0 aliphatic rings. The number of nitrogens with zero attached hydrogens (tertiary/aromatic N) is 2. The number of aryl methyl sites for hydroxylation is 1. The van der Waals surface area contributed by atoms with Gasteiger partial charge in [0.1, 0.15) is 5.82 Å². The Morgan fingerprint density at radius 3 is 2.71 bits per heavy atom. The minimum Gasteiger partial charge on any atom is -0.384 e. The first-order valence-electron chi connectivity index (χ1n) is 4.53. The second kappa shape index (κ2) is 4.97. The lowest BCUT2D eigenvalue weighted by molar-refractivity contribution is 0.149. The van der Waals surface area contributed by atoms with Crippen molar-refractivity contribution in [3.8, 4) is 0 Å². The molecule has 1 aromatic rings. The standard InChI is InChI=1S/C9H16IN3O/c1-6(5-14-3)4-13-9(11)8(10)7(2)12-13/h6H,4-5,11H2,1-3H3. The van der Waals surface area contributed by atoms with Crippen molar-refractivity contribution in [2.45, 2.75) is 20.4 Å². The number of aromatic nitrogens is 2. The number of hydrogen-bond donors (Lipinski definition) is 1. The normalized spacial score (nSPS) is 13.1. The van der Waals surface area contributed by atoms with Gasteiger partial charge >= 0.3 is 0 Å². The summed E-state index contributed by atoms with van der Waals surface area (Å²) < 4.78 is 7.97. The van der Waals surface area contributed by atoms with E-state index < -0.39 is 0 Å². The molecule has 80 valence electrons. The SMILES string of the molecule is COCC(C)Cn1nc(C)c(I)c1N. The maximum absolute atomic E-state index is 5.90. The van der Waals surface area contributed by atoms with E-state index in [2.05, 4.69) is 34.6 Å². The van der Waals surface area contributed by atoms with Crippen molar-refractivity contribution in [3.05, 3.63) is 9.26 Å². The van der Waals surface area contributed by atoms with Gasteiger partial charge in [-0.3, -0.25) is 0 Å². The first-order valence-corrected chi connectivity index (χ1v) is 5.61. The molecule has 0 spiro atoms. The maximum Gasteiger partial charge on any atom is 0.135 e. The molecule has 0 saturated carbocycles. The van der Waals surface area contributed by atoms with Crippen molar-refractivity contribution in [1.82, 2.24) is 9.78 Å². The average Bonchev–Trinajstić information content (AvgIpc) is 2.34. The lowest BCUT2D eigenvalue weighted by atomic mass is 10.2. The van der Waals surface area contributed by atoms with Crippen LogP contribution in [0.2, 0.25) is 0 Å². The Kier molecular flexibility index (Phi) is 4.18. The molecule has 0 saturated heterocycles. The van der Waals surface area contributed by atoms with E-state index in [0.29, 0.717) is 5.92 Å². The summed E-state index contributed by atoms with van der Waals surface area (Å²) in [6.45, 7) is 5.63. The van der Waals surface area contributed by atoms with Gasteiger partial charge in [0.2, 0.25) is 0 Å². The van der Waals surface area contributed by atoms with Gasteiger partial charge in [0, 0.05) is 13.7 Å². The summed E-state index contributed by atoms with van der Waals surface area (Å²) in [5.41, 5.74) is 6.89. The molecule has 1 unspecified atom stereocenters. The van der Waals surface area contributed by atoms with E-state index in [1.165, 1.54) is 0 Å². The molecular weight excluding hydrogens is 293 g/mol. The maximum atomic E-state index is 5.90. The second-order valence-corrected chi connectivity index (χ2v) is 4.61. The molecule has 0 aromatic carbocycles. The van der Waals surface area contributed by atoms with E-state index in [4.69, 9.17) is 10.5 Å². The van der Waals surface area contributed by atoms with Gasteiger partial charge in [-0.2, -0.15) is 5.10 Å². The molecule has 1 rings (SSSR count). The van der Waals surface area contributed by atoms with Crippen LogP contribution in [-0.2, 0) is 11.3 Å². The lowest BCUT2D eigenvalue weighted by Crippen LogP contribution is -2.15. The minimum atomic E-state index is 0.428. The number of halogens is 1. The van der Waals surface area contributed by atoms with E-state index >= 15 is 0 Å². The van der Waals surface area contributed by atoms with Crippen molar-refractivity contribution >= 4 is 28.4 Å². The highest BCUT2D eigenvalue weighted by Crippen LogP contribution is 2.19. The summed E-state index contributed by atoms with van der Waals surface area (Å²) in [6, 6.07) is 0. The Balaban J connectivity index is 2.72. The first kappa shape index (κ1) is 11.8. The first-order chi connectivity index (χ1) is 6.56. The van der Waals surface area contributed by atoms with Crippen LogP contribution in [0.3, 0.4) is 0 Å². The van der Waals surface area contributed by atoms with E-state index in [1.807, 2.05) is 11.6 Å². The number of nitrogen functional groups attached to an aromatic ring is 1. The summed E-state index contributed by atoms with van der Waals surface area (Å²) in [5.74, 6) is 1.18. The average molecular weight is 309 g/mol. The lowest BCUT2D eigenvalue weighted by Gasteiger charge is -2.11. The van der Waals surface area contributed by atoms with Gasteiger partial charge in [0.25, 0.3) is 0 Å². The number of rotatable bonds is 4. The van der Waals surface area contributed by atoms with Crippen LogP contribution < -0.4 is 5.73 Å². The minimum absolute atomic E-state index is 0.428. The number of hydrogen-bond acceptors (Lipinski definition) is 3. The van der Waals surface area contributed by atoms with Crippen molar-refractivity contribution in [3.63, 3.8) is 0 Å². The molecule has 0 aliphatic heterocycles. The summed E-state index contributed by atoms with van der Waals surface area (Å²) in [6.07, 6.45) is 0. The molecule has 2 N–H and O–H groups in total. The van der Waals surface area contributed by atoms with Crippen LogP contribution in [0, 0.1) is 16.4 Å². The molecule has 0 bridgehead atoms. The molecule has 0 radical (unpaired) electrons. The van der Waals surface area contributed by atoms with Crippen LogP contribution in [0.15, 0.2) is 0 Å². The molecule has 1 atom stereocenters. The topological polar surface area (TPSA) is 53.1 Å².